The third-order valence-electron chi connectivity index (χ3n) is 2.42. The van der Waals surface area contributed by atoms with Gasteiger partial charge in [0.25, 0.3) is 5.69 Å². The number of pyridine rings is 1. The average Bonchev–Trinajstić information content (AvgIpc) is 2.50. The van der Waals surface area contributed by atoms with Crippen LogP contribution in [0.1, 0.15) is 5.56 Å². The number of rotatable bonds is 4. The maximum Gasteiger partial charge on any atom is 0.437 e. The molecule has 8 nitrogen and oxygen atoms in total. The molecular formula is C13H9ClN4O4. The Kier molecular flexibility index (Phi) is 4.99. The zero-order valence-corrected chi connectivity index (χ0v) is 11.7. The average molecular weight is 321 g/mol. The third-order valence-corrected chi connectivity index (χ3v) is 2.73. The second-order valence-corrected chi connectivity index (χ2v) is 4.35. The van der Waals surface area contributed by atoms with Crippen molar-refractivity contribution in [1.82, 2.24) is 4.98 Å². The van der Waals surface area contributed by atoms with Crippen LogP contribution in [-0.4, -0.2) is 22.2 Å². The van der Waals surface area contributed by atoms with Crippen LogP contribution in [0.25, 0.3) is 0 Å². The molecule has 1 aromatic heterocycles. The number of nitro groups is 1. The number of hydrogen-bond acceptors (Lipinski definition) is 6. The topological polar surface area (TPSA) is 107 Å². The number of oxime groups is 1. The number of anilines is 1. The van der Waals surface area contributed by atoms with Crippen LogP contribution in [0.4, 0.5) is 16.2 Å². The third kappa shape index (κ3) is 4.25. The molecule has 22 heavy (non-hydrogen) atoms. The highest BCUT2D eigenvalue weighted by atomic mass is 35.5. The van der Waals surface area contributed by atoms with Crippen LogP contribution in [0, 0.1) is 10.1 Å². The molecule has 2 aromatic rings. The Morgan fingerprint density at radius 2 is 2.27 bits per heavy atom. The van der Waals surface area contributed by atoms with Crippen molar-refractivity contribution in [3.8, 4) is 0 Å². The lowest BCUT2D eigenvalue weighted by Gasteiger charge is -2.04. The number of aromatic nitrogens is 1. The van der Waals surface area contributed by atoms with E-state index in [1.807, 2.05) is 0 Å². The van der Waals surface area contributed by atoms with E-state index in [-0.39, 0.29) is 16.4 Å². The lowest BCUT2D eigenvalue weighted by atomic mass is 10.3. The largest absolute Gasteiger partial charge is 0.437 e. The first-order valence-electron chi connectivity index (χ1n) is 5.91. The van der Waals surface area contributed by atoms with Gasteiger partial charge in [0.1, 0.15) is 0 Å². The standard InChI is InChI=1S/C13H9ClN4O4/c14-11-6-10(18(20)21)3-4-12(11)17-13(19)22-16-8-9-2-1-5-15-7-9/h1-8H,(H,17,19). The van der Waals surface area contributed by atoms with Crippen LogP contribution >= 0.6 is 11.6 Å². The molecule has 0 aliphatic carbocycles. The van der Waals surface area contributed by atoms with Crippen molar-refractivity contribution in [3.05, 3.63) is 63.4 Å². The fourth-order valence-electron chi connectivity index (χ4n) is 1.44. The molecule has 0 spiro atoms. The lowest BCUT2D eigenvalue weighted by Crippen LogP contribution is -2.11. The smallest absolute Gasteiger partial charge is 0.298 e. The minimum absolute atomic E-state index is 0.0161. The molecule has 1 heterocycles. The van der Waals surface area contributed by atoms with Gasteiger partial charge in [0.2, 0.25) is 0 Å². The Labute approximate surface area is 129 Å². The van der Waals surface area contributed by atoms with Gasteiger partial charge >= 0.3 is 6.09 Å². The molecule has 9 heteroatoms. The molecule has 1 N–H and O–H groups in total. The monoisotopic (exact) mass is 320 g/mol. The van der Waals surface area contributed by atoms with Crippen molar-refractivity contribution in [2.45, 2.75) is 0 Å². The van der Waals surface area contributed by atoms with Gasteiger partial charge in [-0.15, -0.1) is 0 Å². The molecule has 1 aromatic carbocycles. The fourth-order valence-corrected chi connectivity index (χ4v) is 1.66. The molecule has 0 fully saturated rings. The number of hydrogen-bond donors (Lipinski definition) is 1. The summed E-state index contributed by atoms with van der Waals surface area (Å²) in [6.45, 7) is 0. The summed E-state index contributed by atoms with van der Waals surface area (Å²) in [6.07, 6.45) is 3.57. The Hall–Kier alpha value is -3.00. The van der Waals surface area contributed by atoms with Gasteiger partial charge in [-0.3, -0.25) is 25.3 Å². The fraction of sp³-hybridized carbons (Fsp3) is 0. The minimum Gasteiger partial charge on any atom is -0.298 e. The van der Waals surface area contributed by atoms with E-state index in [1.54, 1.807) is 18.3 Å². The summed E-state index contributed by atoms with van der Waals surface area (Å²) < 4.78 is 0. The number of nitrogens with zero attached hydrogens (tertiary/aromatic N) is 3. The van der Waals surface area contributed by atoms with E-state index in [9.17, 15) is 14.9 Å². The normalized spacial score (nSPS) is 10.4. The summed E-state index contributed by atoms with van der Waals surface area (Å²) in [4.78, 5) is 29.9. The Bertz CT molecular complexity index is 721. The quantitative estimate of drug-likeness (QED) is 0.403. The van der Waals surface area contributed by atoms with E-state index in [0.717, 1.165) is 6.07 Å². The number of amides is 1. The second-order valence-electron chi connectivity index (χ2n) is 3.95. The van der Waals surface area contributed by atoms with Crippen molar-refractivity contribution in [3.63, 3.8) is 0 Å². The van der Waals surface area contributed by atoms with Gasteiger partial charge in [-0.25, -0.2) is 4.79 Å². The molecule has 0 radical (unpaired) electrons. The van der Waals surface area contributed by atoms with Crippen molar-refractivity contribution in [2.24, 2.45) is 5.16 Å². The van der Waals surface area contributed by atoms with Gasteiger partial charge in [-0.05, 0) is 12.1 Å². The lowest BCUT2D eigenvalue weighted by molar-refractivity contribution is -0.384. The summed E-state index contributed by atoms with van der Waals surface area (Å²) in [6, 6.07) is 7.06. The highest BCUT2D eigenvalue weighted by Crippen LogP contribution is 2.26. The Morgan fingerprint density at radius 1 is 1.45 bits per heavy atom. The molecule has 0 aliphatic heterocycles. The number of carbonyl (C=O) groups is 1. The summed E-state index contributed by atoms with van der Waals surface area (Å²) in [7, 11) is 0. The number of carbonyl (C=O) groups excluding carboxylic acids is 1. The molecule has 2 rings (SSSR count). The number of non-ortho nitro benzene ring substituents is 1. The summed E-state index contributed by atoms with van der Waals surface area (Å²) >= 11 is 5.83. The SMILES string of the molecule is O=C(Nc1ccc([N+](=O)[O-])cc1Cl)ON=Cc1cccnc1. The van der Waals surface area contributed by atoms with Crippen molar-refractivity contribution >= 4 is 35.3 Å². The molecular weight excluding hydrogens is 312 g/mol. The molecule has 0 atom stereocenters. The molecule has 0 unspecified atom stereocenters. The van der Waals surface area contributed by atoms with Crippen molar-refractivity contribution in [2.75, 3.05) is 5.32 Å². The van der Waals surface area contributed by atoms with E-state index >= 15 is 0 Å². The van der Waals surface area contributed by atoms with E-state index in [4.69, 9.17) is 11.6 Å². The van der Waals surface area contributed by atoms with Crippen LogP contribution in [0.3, 0.4) is 0 Å². The number of halogens is 1. The second kappa shape index (κ2) is 7.14. The van der Waals surface area contributed by atoms with Crippen LogP contribution in [0.15, 0.2) is 47.9 Å². The van der Waals surface area contributed by atoms with E-state index in [1.165, 1.54) is 24.5 Å². The zero-order chi connectivity index (χ0) is 15.9. The van der Waals surface area contributed by atoms with Crippen molar-refractivity contribution < 1.29 is 14.6 Å². The van der Waals surface area contributed by atoms with E-state index in [0.29, 0.717) is 5.56 Å². The van der Waals surface area contributed by atoms with Gasteiger partial charge in [-0.1, -0.05) is 22.8 Å². The highest BCUT2D eigenvalue weighted by Gasteiger charge is 2.11. The maximum atomic E-state index is 11.5. The minimum atomic E-state index is -0.879. The molecule has 0 bridgehead atoms. The summed E-state index contributed by atoms with van der Waals surface area (Å²) in [5.41, 5.74) is 0.649. The van der Waals surface area contributed by atoms with Gasteiger partial charge in [0.15, 0.2) is 0 Å². The maximum absolute atomic E-state index is 11.5. The number of nitrogens with one attached hydrogen (secondary N) is 1. The first kappa shape index (κ1) is 15.4. The molecule has 0 saturated carbocycles. The molecule has 0 saturated heterocycles. The van der Waals surface area contributed by atoms with E-state index in [2.05, 4.69) is 20.3 Å². The Balaban J connectivity index is 1.95. The molecule has 0 aliphatic rings. The molecule has 1 amide bonds. The van der Waals surface area contributed by atoms with Crippen LogP contribution in [-0.2, 0) is 4.84 Å². The first-order valence-corrected chi connectivity index (χ1v) is 6.29. The van der Waals surface area contributed by atoms with Gasteiger partial charge in [-0.2, -0.15) is 0 Å². The van der Waals surface area contributed by atoms with Crippen LogP contribution in [0.5, 0.6) is 0 Å². The van der Waals surface area contributed by atoms with Gasteiger partial charge < -0.3 is 0 Å². The van der Waals surface area contributed by atoms with Crippen LogP contribution in [0.2, 0.25) is 5.02 Å². The van der Waals surface area contributed by atoms with Gasteiger partial charge in [0, 0.05) is 30.1 Å². The molecule has 112 valence electrons. The summed E-state index contributed by atoms with van der Waals surface area (Å²) in [5.74, 6) is 0. The Morgan fingerprint density at radius 3 is 2.91 bits per heavy atom. The van der Waals surface area contributed by atoms with Gasteiger partial charge in [0.05, 0.1) is 21.8 Å². The van der Waals surface area contributed by atoms with Crippen molar-refractivity contribution in [1.29, 1.82) is 0 Å². The van der Waals surface area contributed by atoms with E-state index < -0.39 is 11.0 Å². The van der Waals surface area contributed by atoms with Crippen LogP contribution < -0.4 is 5.32 Å². The summed E-state index contributed by atoms with van der Waals surface area (Å²) in [5, 5.41) is 16.4. The highest BCUT2D eigenvalue weighted by molar-refractivity contribution is 6.33. The predicted octanol–water partition coefficient (Wildman–Crippen LogP) is 3.23. The first-order chi connectivity index (χ1) is 10.6. The zero-order valence-electron chi connectivity index (χ0n) is 11.0. The predicted molar refractivity (Wildman–Crippen MR) is 80.0 cm³/mol. The number of nitro benzene ring substituents is 1. The number of benzene rings is 1.